The molecule has 0 aromatic carbocycles. The molecule has 17 heavy (non-hydrogen) atoms. The Morgan fingerprint density at radius 3 is 2.88 bits per heavy atom. The zero-order chi connectivity index (χ0) is 12.4. The van der Waals surface area contributed by atoms with Crippen LogP contribution in [-0.4, -0.2) is 16.4 Å². The van der Waals surface area contributed by atoms with Gasteiger partial charge in [-0.05, 0) is 18.2 Å². The van der Waals surface area contributed by atoms with Gasteiger partial charge in [-0.2, -0.15) is 0 Å². The van der Waals surface area contributed by atoms with Crippen LogP contribution in [0.15, 0.2) is 36.2 Å². The number of hydrogen-bond donors (Lipinski definition) is 0. The molecule has 0 N–H and O–H groups in total. The molecule has 2 heterocycles. The number of aromatic nitrogens is 1. The van der Waals surface area contributed by atoms with Gasteiger partial charge in [0.25, 0.3) is 0 Å². The van der Waals surface area contributed by atoms with Gasteiger partial charge in [-0.15, -0.1) is 0 Å². The molecule has 0 amide bonds. The summed E-state index contributed by atoms with van der Waals surface area (Å²) in [6.07, 6.45) is 3.37. The minimum Gasteiger partial charge on any atom is -0.497 e. The molecule has 0 bridgehead atoms. The Bertz CT molecular complexity index is 599. The van der Waals surface area contributed by atoms with Crippen LogP contribution in [0.3, 0.4) is 0 Å². The minimum atomic E-state index is -0.400. The predicted octanol–water partition coefficient (Wildman–Crippen LogP) is 2.59. The van der Waals surface area contributed by atoms with Crippen LogP contribution in [-0.2, 0) is 0 Å². The second-order valence-corrected chi connectivity index (χ2v) is 3.66. The van der Waals surface area contributed by atoms with Crippen molar-refractivity contribution in [1.82, 2.24) is 4.40 Å². The van der Waals surface area contributed by atoms with Crippen LogP contribution in [0.25, 0.3) is 11.6 Å². The number of allylic oxidation sites excluding steroid dienone is 1. The molecule has 0 spiro atoms. The second-order valence-electron chi connectivity index (χ2n) is 3.66. The van der Waals surface area contributed by atoms with Crippen LogP contribution in [0.5, 0.6) is 5.75 Å². The number of nitro groups is 1. The Labute approximate surface area is 98.1 Å². The van der Waals surface area contributed by atoms with Gasteiger partial charge < -0.3 is 9.14 Å². The molecule has 0 unspecified atom stereocenters. The van der Waals surface area contributed by atoms with E-state index in [2.05, 4.69) is 0 Å². The van der Waals surface area contributed by atoms with Crippen molar-refractivity contribution in [3.8, 4) is 5.75 Å². The fraction of sp³-hybridized carbons (Fsp3) is 0.167. The van der Waals surface area contributed by atoms with Crippen LogP contribution in [0.2, 0.25) is 0 Å². The first-order valence-corrected chi connectivity index (χ1v) is 5.09. The van der Waals surface area contributed by atoms with Gasteiger partial charge >= 0.3 is 0 Å². The van der Waals surface area contributed by atoms with Crippen molar-refractivity contribution >= 4 is 11.6 Å². The molecule has 88 valence electrons. The van der Waals surface area contributed by atoms with Gasteiger partial charge in [0.2, 0.25) is 5.70 Å². The third-order valence-corrected chi connectivity index (χ3v) is 2.54. The van der Waals surface area contributed by atoms with E-state index in [-0.39, 0.29) is 5.70 Å². The smallest absolute Gasteiger partial charge is 0.245 e. The van der Waals surface area contributed by atoms with Crippen LogP contribution in [0, 0.1) is 10.1 Å². The number of nitrogens with zero attached hydrogens (tertiary/aromatic N) is 2. The Morgan fingerprint density at radius 1 is 1.47 bits per heavy atom. The number of fused-ring (bicyclic) bond motifs is 1. The van der Waals surface area contributed by atoms with Crippen molar-refractivity contribution in [2.45, 2.75) is 6.92 Å². The SMILES string of the molecule is COc1ccn2c(/C=C(\C)[N+](=O)[O-])ccc2c1. The largest absolute Gasteiger partial charge is 0.497 e. The van der Waals surface area contributed by atoms with Crippen molar-refractivity contribution in [3.63, 3.8) is 0 Å². The molecule has 0 saturated heterocycles. The molecule has 2 aromatic rings. The van der Waals surface area contributed by atoms with E-state index in [1.54, 1.807) is 13.2 Å². The van der Waals surface area contributed by atoms with Crippen molar-refractivity contribution in [2.75, 3.05) is 7.11 Å². The Kier molecular flexibility index (Phi) is 2.82. The maximum atomic E-state index is 10.6. The van der Waals surface area contributed by atoms with E-state index < -0.39 is 4.92 Å². The molecule has 0 aliphatic carbocycles. The molecule has 0 atom stereocenters. The summed E-state index contributed by atoms with van der Waals surface area (Å²) >= 11 is 0. The molecule has 0 saturated carbocycles. The van der Waals surface area contributed by atoms with Crippen molar-refractivity contribution in [1.29, 1.82) is 0 Å². The zero-order valence-electron chi connectivity index (χ0n) is 9.58. The Morgan fingerprint density at radius 2 is 2.24 bits per heavy atom. The average molecular weight is 232 g/mol. The van der Waals surface area contributed by atoms with E-state index in [4.69, 9.17) is 4.74 Å². The molecule has 0 aliphatic heterocycles. The van der Waals surface area contributed by atoms with Crippen molar-refractivity contribution in [3.05, 3.63) is 52.0 Å². The normalized spacial score (nSPS) is 11.8. The van der Waals surface area contributed by atoms with Crippen molar-refractivity contribution in [2.24, 2.45) is 0 Å². The highest BCUT2D eigenvalue weighted by Gasteiger charge is 2.06. The van der Waals surface area contributed by atoms with Crippen LogP contribution < -0.4 is 4.74 Å². The van der Waals surface area contributed by atoms with Gasteiger partial charge in [0.1, 0.15) is 5.75 Å². The summed E-state index contributed by atoms with van der Waals surface area (Å²) in [6.45, 7) is 1.48. The van der Waals surface area contributed by atoms with E-state index in [0.29, 0.717) is 0 Å². The highest BCUT2D eigenvalue weighted by Crippen LogP contribution is 2.18. The number of methoxy groups -OCH3 is 1. The van der Waals surface area contributed by atoms with Gasteiger partial charge in [-0.1, -0.05) is 0 Å². The third-order valence-electron chi connectivity index (χ3n) is 2.54. The van der Waals surface area contributed by atoms with Crippen LogP contribution >= 0.6 is 0 Å². The fourth-order valence-electron chi connectivity index (χ4n) is 1.62. The lowest BCUT2D eigenvalue weighted by Gasteiger charge is -2.02. The second kappa shape index (κ2) is 4.29. The van der Waals surface area contributed by atoms with Gasteiger partial charge in [-0.3, -0.25) is 10.1 Å². The highest BCUT2D eigenvalue weighted by molar-refractivity contribution is 5.60. The van der Waals surface area contributed by atoms with E-state index in [9.17, 15) is 10.1 Å². The topological polar surface area (TPSA) is 56.8 Å². The summed E-state index contributed by atoms with van der Waals surface area (Å²) in [6, 6.07) is 7.41. The third kappa shape index (κ3) is 2.13. The number of hydrogen-bond acceptors (Lipinski definition) is 3. The molecule has 0 radical (unpaired) electrons. The molecule has 0 aliphatic rings. The lowest BCUT2D eigenvalue weighted by molar-refractivity contribution is -0.422. The summed E-state index contributed by atoms with van der Waals surface area (Å²) in [4.78, 5) is 10.2. The predicted molar refractivity (Wildman–Crippen MR) is 64.6 cm³/mol. The fourth-order valence-corrected chi connectivity index (χ4v) is 1.62. The highest BCUT2D eigenvalue weighted by atomic mass is 16.6. The summed E-state index contributed by atoms with van der Waals surface area (Å²) in [5, 5.41) is 10.6. The van der Waals surface area contributed by atoms with E-state index in [1.807, 2.05) is 34.9 Å². The number of pyridine rings is 1. The monoisotopic (exact) mass is 232 g/mol. The first-order valence-electron chi connectivity index (χ1n) is 5.09. The maximum Gasteiger partial charge on any atom is 0.245 e. The molecule has 5 nitrogen and oxygen atoms in total. The Hall–Kier alpha value is -2.30. The summed E-state index contributed by atoms with van der Waals surface area (Å²) in [5.41, 5.74) is 1.82. The molecular weight excluding hydrogens is 220 g/mol. The van der Waals surface area contributed by atoms with E-state index in [1.165, 1.54) is 6.92 Å². The van der Waals surface area contributed by atoms with Gasteiger partial charge in [0, 0.05) is 30.8 Å². The lowest BCUT2D eigenvalue weighted by Crippen LogP contribution is -1.95. The quantitative estimate of drug-likeness (QED) is 0.603. The molecule has 5 heteroatoms. The van der Waals surface area contributed by atoms with E-state index >= 15 is 0 Å². The average Bonchev–Trinajstić information content (AvgIpc) is 2.71. The molecular formula is C12H12N2O3. The van der Waals surface area contributed by atoms with Crippen molar-refractivity contribution < 1.29 is 9.66 Å². The first-order chi connectivity index (χ1) is 8.11. The Balaban J connectivity index is 2.50. The molecule has 2 aromatic heterocycles. The number of ether oxygens (including phenoxy) is 1. The van der Waals surface area contributed by atoms with Gasteiger partial charge in [0.15, 0.2) is 0 Å². The van der Waals surface area contributed by atoms with Gasteiger partial charge in [0.05, 0.1) is 17.7 Å². The van der Waals surface area contributed by atoms with Gasteiger partial charge in [-0.25, -0.2) is 0 Å². The van der Waals surface area contributed by atoms with E-state index in [0.717, 1.165) is 17.0 Å². The summed E-state index contributed by atoms with van der Waals surface area (Å²) in [5.74, 6) is 0.761. The minimum absolute atomic E-state index is 0.112. The zero-order valence-corrected chi connectivity index (χ0v) is 9.58. The summed E-state index contributed by atoms with van der Waals surface area (Å²) in [7, 11) is 1.60. The molecule has 2 rings (SSSR count). The standard InChI is InChI=1S/C12H12N2O3/c1-9(14(15)16)7-10-3-4-11-8-12(17-2)5-6-13(10)11/h3-8H,1-2H3/b9-7+. The lowest BCUT2D eigenvalue weighted by atomic mass is 10.3. The number of rotatable bonds is 3. The van der Waals surface area contributed by atoms with Crippen LogP contribution in [0.1, 0.15) is 12.6 Å². The first kappa shape index (κ1) is 11.2. The maximum absolute atomic E-state index is 10.6. The summed E-state index contributed by atoms with van der Waals surface area (Å²) < 4.78 is 6.98. The molecule has 0 fully saturated rings. The van der Waals surface area contributed by atoms with Crippen LogP contribution in [0.4, 0.5) is 0 Å².